The van der Waals surface area contributed by atoms with Crippen molar-refractivity contribution in [1.82, 2.24) is 15.0 Å². The van der Waals surface area contributed by atoms with Crippen LogP contribution >= 0.6 is 0 Å². The highest BCUT2D eigenvalue weighted by atomic mass is 16.5. The number of H-pyrrole nitrogens is 1. The van der Waals surface area contributed by atoms with E-state index < -0.39 is 0 Å². The molecule has 0 aromatic carbocycles. The molecular formula is C20H23N5O2. The number of carbonyl (C=O) groups is 1. The number of hydrogen-bond acceptors (Lipinski definition) is 6. The molecule has 1 spiro atoms. The molecule has 7 heteroatoms. The lowest BCUT2D eigenvalue weighted by Gasteiger charge is -2.38. The van der Waals surface area contributed by atoms with Crippen LogP contribution in [0.25, 0.3) is 11.0 Å². The van der Waals surface area contributed by atoms with E-state index in [1.54, 1.807) is 6.33 Å². The summed E-state index contributed by atoms with van der Waals surface area (Å²) in [4.78, 5) is 27.0. The molecule has 0 radical (unpaired) electrons. The minimum atomic E-state index is -0.0640. The Balaban J connectivity index is 1.28. The lowest BCUT2D eigenvalue weighted by molar-refractivity contribution is -0.153. The molecule has 1 atom stereocenters. The van der Waals surface area contributed by atoms with Crippen molar-refractivity contribution < 1.29 is 9.53 Å². The van der Waals surface area contributed by atoms with Crippen LogP contribution in [0.15, 0.2) is 18.6 Å². The molecule has 3 aliphatic rings. The van der Waals surface area contributed by atoms with Gasteiger partial charge < -0.3 is 14.6 Å². The number of piperidine rings is 1. The Morgan fingerprint density at radius 3 is 2.96 bits per heavy atom. The van der Waals surface area contributed by atoms with Crippen LogP contribution in [0.1, 0.15) is 38.5 Å². The first kappa shape index (κ1) is 16.5. The van der Waals surface area contributed by atoms with Gasteiger partial charge in [-0.15, -0.1) is 0 Å². The molecule has 27 heavy (non-hydrogen) atoms. The summed E-state index contributed by atoms with van der Waals surface area (Å²) >= 11 is 0. The van der Waals surface area contributed by atoms with Crippen LogP contribution in [0, 0.1) is 28.1 Å². The standard InChI is InChI=1S/C20H23N5O2/c21-8-7-19(3-4-19)12-27-18(26)15-2-10-25(11-20(15)5-6-20)17-14-1-9-22-16(14)23-13-24-17/h1,9,13,15H,2-7,10-12H2,(H,22,23,24)/t15-/m0/s1. The predicted molar refractivity (Wildman–Crippen MR) is 98.7 cm³/mol. The van der Waals surface area contributed by atoms with E-state index >= 15 is 0 Å². The molecule has 0 bridgehead atoms. The zero-order valence-corrected chi connectivity index (χ0v) is 15.3. The summed E-state index contributed by atoms with van der Waals surface area (Å²) in [6, 6.07) is 4.23. The van der Waals surface area contributed by atoms with Crippen LogP contribution in [0.2, 0.25) is 0 Å². The molecule has 1 saturated heterocycles. The van der Waals surface area contributed by atoms with E-state index in [4.69, 9.17) is 10.00 Å². The maximum atomic E-state index is 12.8. The third-order valence-electron chi connectivity index (χ3n) is 6.67. The van der Waals surface area contributed by atoms with Gasteiger partial charge in [0.25, 0.3) is 0 Å². The van der Waals surface area contributed by atoms with Gasteiger partial charge in [0.15, 0.2) is 0 Å². The Morgan fingerprint density at radius 2 is 2.22 bits per heavy atom. The van der Waals surface area contributed by atoms with Gasteiger partial charge in [-0.3, -0.25) is 4.79 Å². The monoisotopic (exact) mass is 365 g/mol. The Bertz CT molecular complexity index is 922. The number of rotatable bonds is 5. The van der Waals surface area contributed by atoms with Crippen LogP contribution < -0.4 is 4.90 Å². The molecule has 140 valence electrons. The van der Waals surface area contributed by atoms with E-state index in [1.165, 1.54) is 0 Å². The fraction of sp³-hybridized carbons (Fsp3) is 0.600. The molecule has 2 aromatic heterocycles. The third-order valence-corrected chi connectivity index (χ3v) is 6.67. The molecule has 2 aromatic rings. The molecule has 0 unspecified atom stereocenters. The summed E-state index contributed by atoms with van der Waals surface area (Å²) in [7, 11) is 0. The predicted octanol–water partition coefficient (Wildman–Crippen LogP) is 2.80. The maximum Gasteiger partial charge on any atom is 0.309 e. The summed E-state index contributed by atoms with van der Waals surface area (Å²) in [6.07, 6.45) is 8.88. The molecular weight excluding hydrogens is 342 g/mol. The number of anilines is 1. The van der Waals surface area contributed by atoms with Gasteiger partial charge in [0.05, 0.1) is 24.0 Å². The minimum absolute atomic E-state index is 0.0227. The number of hydrogen-bond donors (Lipinski definition) is 1. The van der Waals surface area contributed by atoms with Gasteiger partial charge in [0.2, 0.25) is 0 Å². The van der Waals surface area contributed by atoms with Crippen molar-refractivity contribution in [3.05, 3.63) is 18.6 Å². The average molecular weight is 365 g/mol. The number of aromatic nitrogens is 3. The number of aromatic amines is 1. The number of ether oxygens (including phenoxy) is 1. The van der Waals surface area contributed by atoms with Crippen LogP contribution in [0.3, 0.4) is 0 Å². The molecule has 3 fully saturated rings. The first-order chi connectivity index (χ1) is 13.1. The quantitative estimate of drug-likeness (QED) is 0.819. The number of fused-ring (bicyclic) bond motifs is 1. The molecule has 1 aliphatic heterocycles. The Labute approximate surface area is 157 Å². The van der Waals surface area contributed by atoms with Crippen molar-refractivity contribution in [3.63, 3.8) is 0 Å². The summed E-state index contributed by atoms with van der Waals surface area (Å²) in [5.74, 6) is 0.853. The van der Waals surface area contributed by atoms with Gasteiger partial charge in [-0.2, -0.15) is 5.26 Å². The van der Waals surface area contributed by atoms with Crippen molar-refractivity contribution in [3.8, 4) is 6.07 Å². The van der Waals surface area contributed by atoms with Crippen LogP contribution in [0.5, 0.6) is 0 Å². The smallest absolute Gasteiger partial charge is 0.309 e. The van der Waals surface area contributed by atoms with E-state index in [1.807, 2.05) is 12.3 Å². The second kappa shape index (κ2) is 5.95. The minimum Gasteiger partial charge on any atom is -0.465 e. The highest BCUT2D eigenvalue weighted by Crippen LogP contribution is 2.57. The van der Waals surface area contributed by atoms with E-state index in [9.17, 15) is 4.79 Å². The van der Waals surface area contributed by atoms with E-state index in [0.29, 0.717) is 13.0 Å². The number of nitriles is 1. The van der Waals surface area contributed by atoms with E-state index in [0.717, 1.165) is 62.0 Å². The van der Waals surface area contributed by atoms with Crippen molar-refractivity contribution in [2.45, 2.75) is 38.5 Å². The highest BCUT2D eigenvalue weighted by molar-refractivity contribution is 5.87. The largest absolute Gasteiger partial charge is 0.465 e. The zero-order valence-electron chi connectivity index (χ0n) is 15.3. The maximum absolute atomic E-state index is 12.8. The number of nitrogens with one attached hydrogen (secondary N) is 1. The molecule has 1 N–H and O–H groups in total. The first-order valence-corrected chi connectivity index (χ1v) is 9.71. The molecule has 3 heterocycles. The van der Waals surface area contributed by atoms with Crippen LogP contribution in [0.4, 0.5) is 5.82 Å². The second-order valence-electron chi connectivity index (χ2n) is 8.51. The van der Waals surface area contributed by atoms with Crippen molar-refractivity contribution in [2.24, 2.45) is 16.7 Å². The normalized spacial score (nSPS) is 24.6. The van der Waals surface area contributed by atoms with Crippen LogP contribution in [-0.4, -0.2) is 40.6 Å². The Kier molecular flexibility index (Phi) is 3.64. The van der Waals surface area contributed by atoms with E-state index in [2.05, 4.69) is 25.9 Å². The first-order valence-electron chi connectivity index (χ1n) is 9.71. The van der Waals surface area contributed by atoms with Gasteiger partial charge in [-0.05, 0) is 38.2 Å². The number of nitrogens with zero attached hydrogens (tertiary/aromatic N) is 4. The van der Waals surface area contributed by atoms with Crippen molar-refractivity contribution in [1.29, 1.82) is 5.26 Å². The van der Waals surface area contributed by atoms with Gasteiger partial charge in [-0.1, -0.05) is 0 Å². The Morgan fingerprint density at radius 1 is 1.37 bits per heavy atom. The van der Waals surface area contributed by atoms with Gasteiger partial charge in [-0.25, -0.2) is 9.97 Å². The fourth-order valence-corrected chi connectivity index (χ4v) is 4.53. The van der Waals surface area contributed by atoms with Crippen LogP contribution in [-0.2, 0) is 9.53 Å². The van der Waals surface area contributed by atoms with Gasteiger partial charge in [0.1, 0.15) is 17.8 Å². The van der Waals surface area contributed by atoms with Crippen molar-refractivity contribution >= 4 is 22.8 Å². The molecule has 7 nitrogen and oxygen atoms in total. The summed E-state index contributed by atoms with van der Waals surface area (Å²) < 4.78 is 5.70. The van der Waals surface area contributed by atoms with Crippen molar-refractivity contribution in [2.75, 3.05) is 24.6 Å². The number of esters is 1. The Hall–Kier alpha value is -2.62. The fourth-order valence-electron chi connectivity index (χ4n) is 4.53. The topological polar surface area (TPSA) is 94.9 Å². The second-order valence-corrected chi connectivity index (χ2v) is 8.51. The molecule has 2 aliphatic carbocycles. The molecule has 5 rings (SSSR count). The lowest BCUT2D eigenvalue weighted by atomic mass is 9.82. The summed E-state index contributed by atoms with van der Waals surface area (Å²) in [6.45, 7) is 2.04. The SMILES string of the molecule is N#CCC1(COC(=O)[C@@H]2CCN(c3ncnc4[nH]ccc34)CC23CC3)CC1. The molecule has 2 saturated carbocycles. The van der Waals surface area contributed by atoms with E-state index in [-0.39, 0.29) is 22.7 Å². The zero-order chi connectivity index (χ0) is 18.5. The van der Waals surface area contributed by atoms with Gasteiger partial charge in [0, 0.05) is 36.5 Å². The summed E-state index contributed by atoms with van der Waals surface area (Å²) in [5, 5.41) is 9.97. The average Bonchev–Trinajstić information content (AvgIpc) is 3.57. The van der Waals surface area contributed by atoms with Gasteiger partial charge >= 0.3 is 5.97 Å². The molecule has 0 amide bonds. The number of carbonyl (C=O) groups excluding carboxylic acids is 1. The third kappa shape index (κ3) is 2.84. The summed E-state index contributed by atoms with van der Waals surface area (Å²) in [5.41, 5.74) is 0.816. The lowest BCUT2D eigenvalue weighted by Crippen LogP contribution is -2.45. The highest BCUT2D eigenvalue weighted by Gasteiger charge is 2.56.